The van der Waals surface area contributed by atoms with Gasteiger partial charge in [-0.1, -0.05) is 54.1 Å². The van der Waals surface area contributed by atoms with Crippen LogP contribution in [0.1, 0.15) is 18.9 Å². The van der Waals surface area contributed by atoms with Gasteiger partial charge in [-0.2, -0.15) is 0 Å². The van der Waals surface area contributed by atoms with Gasteiger partial charge in [0.15, 0.2) is 6.10 Å². The average Bonchev–Trinajstić information content (AvgIpc) is 2.63. The SMILES string of the molecule is CC(Oc1ccccc1Cl)C(=O)N(CCC(N)=O)CCc1ccccc1. The van der Waals surface area contributed by atoms with Crippen LogP contribution in [0.5, 0.6) is 5.75 Å². The zero-order chi connectivity index (χ0) is 18.9. The third-order valence-electron chi connectivity index (χ3n) is 3.94. The lowest BCUT2D eigenvalue weighted by atomic mass is 10.1. The first-order chi connectivity index (χ1) is 12.5. The van der Waals surface area contributed by atoms with E-state index in [1.165, 1.54) is 0 Å². The fraction of sp³-hybridized carbons (Fsp3) is 0.300. The zero-order valence-corrected chi connectivity index (χ0v) is 15.5. The molecule has 26 heavy (non-hydrogen) atoms. The summed E-state index contributed by atoms with van der Waals surface area (Å²) in [6, 6.07) is 16.8. The molecule has 0 aliphatic heterocycles. The largest absolute Gasteiger partial charge is 0.479 e. The summed E-state index contributed by atoms with van der Waals surface area (Å²) >= 11 is 6.09. The smallest absolute Gasteiger partial charge is 0.263 e. The maximum absolute atomic E-state index is 12.8. The molecule has 2 aromatic rings. The first kappa shape index (κ1) is 19.8. The standard InChI is InChI=1S/C20H23ClN2O3/c1-15(26-18-10-6-5-9-17(18)21)20(25)23(14-12-19(22)24)13-11-16-7-3-2-4-8-16/h2-10,15H,11-14H2,1H3,(H2,22,24). The predicted octanol–water partition coefficient (Wildman–Crippen LogP) is 3.05. The summed E-state index contributed by atoms with van der Waals surface area (Å²) in [6.45, 7) is 2.41. The van der Waals surface area contributed by atoms with Crippen LogP contribution >= 0.6 is 11.6 Å². The number of amides is 2. The number of benzene rings is 2. The minimum absolute atomic E-state index is 0.110. The van der Waals surface area contributed by atoms with Gasteiger partial charge < -0.3 is 15.4 Å². The molecular weight excluding hydrogens is 352 g/mol. The van der Waals surface area contributed by atoms with Gasteiger partial charge >= 0.3 is 0 Å². The predicted molar refractivity (Wildman–Crippen MR) is 102 cm³/mol. The highest BCUT2D eigenvalue weighted by Crippen LogP contribution is 2.24. The molecule has 0 bridgehead atoms. The van der Waals surface area contributed by atoms with Crippen molar-refractivity contribution in [1.29, 1.82) is 0 Å². The molecule has 5 nitrogen and oxygen atoms in total. The molecule has 0 saturated heterocycles. The molecule has 0 fully saturated rings. The van der Waals surface area contributed by atoms with E-state index >= 15 is 0 Å². The second-order valence-corrected chi connectivity index (χ2v) is 6.37. The number of rotatable bonds is 9. The van der Waals surface area contributed by atoms with Gasteiger partial charge in [0, 0.05) is 19.5 Å². The molecule has 138 valence electrons. The van der Waals surface area contributed by atoms with Gasteiger partial charge in [-0.05, 0) is 31.0 Å². The van der Waals surface area contributed by atoms with Gasteiger partial charge in [-0.15, -0.1) is 0 Å². The van der Waals surface area contributed by atoms with Crippen molar-refractivity contribution >= 4 is 23.4 Å². The molecule has 2 rings (SSSR count). The number of hydrogen-bond acceptors (Lipinski definition) is 3. The molecule has 1 atom stereocenters. The Morgan fingerprint density at radius 1 is 1.08 bits per heavy atom. The number of nitrogens with two attached hydrogens (primary N) is 1. The number of hydrogen-bond donors (Lipinski definition) is 1. The number of primary amides is 1. The lowest BCUT2D eigenvalue weighted by Crippen LogP contribution is -2.43. The number of para-hydroxylation sites is 1. The van der Waals surface area contributed by atoms with E-state index in [1.54, 1.807) is 36.1 Å². The number of carbonyl (C=O) groups excluding carboxylic acids is 2. The Morgan fingerprint density at radius 2 is 1.73 bits per heavy atom. The van der Waals surface area contributed by atoms with Crippen molar-refractivity contribution in [3.63, 3.8) is 0 Å². The molecular formula is C20H23ClN2O3. The van der Waals surface area contributed by atoms with E-state index in [2.05, 4.69) is 0 Å². The second-order valence-electron chi connectivity index (χ2n) is 5.97. The number of nitrogens with zero attached hydrogens (tertiary/aromatic N) is 1. The van der Waals surface area contributed by atoms with Crippen LogP contribution in [-0.4, -0.2) is 35.9 Å². The summed E-state index contributed by atoms with van der Waals surface area (Å²) in [5.41, 5.74) is 6.36. The molecule has 6 heteroatoms. The third-order valence-corrected chi connectivity index (χ3v) is 4.25. The van der Waals surface area contributed by atoms with Crippen LogP contribution in [0.15, 0.2) is 54.6 Å². The minimum atomic E-state index is -0.724. The lowest BCUT2D eigenvalue weighted by molar-refractivity contribution is -0.138. The van der Waals surface area contributed by atoms with Crippen LogP contribution in [0, 0.1) is 0 Å². The van der Waals surface area contributed by atoms with E-state index in [4.69, 9.17) is 22.1 Å². The Bertz CT molecular complexity index is 737. The van der Waals surface area contributed by atoms with Gasteiger partial charge in [0.25, 0.3) is 5.91 Å². The molecule has 2 N–H and O–H groups in total. The molecule has 0 spiro atoms. The molecule has 0 radical (unpaired) electrons. The van der Waals surface area contributed by atoms with Crippen LogP contribution in [0.2, 0.25) is 5.02 Å². The molecule has 2 aromatic carbocycles. The molecule has 0 aromatic heterocycles. The molecule has 1 unspecified atom stereocenters. The second kappa shape index (κ2) is 9.82. The van der Waals surface area contributed by atoms with E-state index in [-0.39, 0.29) is 18.9 Å². The number of halogens is 1. The Kier molecular flexibility index (Phi) is 7.48. The fourth-order valence-corrected chi connectivity index (χ4v) is 2.70. The number of carbonyl (C=O) groups is 2. The first-order valence-corrected chi connectivity index (χ1v) is 8.87. The van der Waals surface area contributed by atoms with Crippen molar-refractivity contribution in [2.75, 3.05) is 13.1 Å². The average molecular weight is 375 g/mol. The van der Waals surface area contributed by atoms with E-state index in [0.29, 0.717) is 23.7 Å². The van der Waals surface area contributed by atoms with Gasteiger partial charge in [0.1, 0.15) is 5.75 Å². The van der Waals surface area contributed by atoms with Gasteiger partial charge in [0.2, 0.25) is 5.91 Å². The van der Waals surface area contributed by atoms with Crippen molar-refractivity contribution in [1.82, 2.24) is 4.90 Å². The highest BCUT2D eigenvalue weighted by molar-refractivity contribution is 6.32. The van der Waals surface area contributed by atoms with E-state index in [1.807, 2.05) is 30.3 Å². The topological polar surface area (TPSA) is 72.6 Å². The summed E-state index contributed by atoms with van der Waals surface area (Å²) in [5.74, 6) is -0.197. The quantitative estimate of drug-likeness (QED) is 0.733. The van der Waals surface area contributed by atoms with Crippen molar-refractivity contribution < 1.29 is 14.3 Å². The van der Waals surface area contributed by atoms with Crippen LogP contribution < -0.4 is 10.5 Å². The Hall–Kier alpha value is -2.53. The van der Waals surface area contributed by atoms with Gasteiger partial charge in [-0.3, -0.25) is 9.59 Å². The molecule has 0 aliphatic rings. The fourth-order valence-electron chi connectivity index (χ4n) is 2.52. The Morgan fingerprint density at radius 3 is 2.38 bits per heavy atom. The van der Waals surface area contributed by atoms with Crippen molar-refractivity contribution in [2.24, 2.45) is 5.73 Å². The third kappa shape index (κ3) is 6.08. The Labute approximate surface area is 158 Å². The summed E-state index contributed by atoms with van der Waals surface area (Å²) in [5, 5.41) is 0.445. The molecule has 2 amide bonds. The van der Waals surface area contributed by atoms with Gasteiger partial charge in [-0.25, -0.2) is 0 Å². The van der Waals surface area contributed by atoms with Crippen LogP contribution in [-0.2, 0) is 16.0 Å². The normalized spacial score (nSPS) is 11.6. The summed E-state index contributed by atoms with van der Waals surface area (Å²) < 4.78 is 5.71. The van der Waals surface area contributed by atoms with E-state index < -0.39 is 12.0 Å². The molecule has 0 aliphatic carbocycles. The van der Waals surface area contributed by atoms with E-state index in [0.717, 1.165) is 5.56 Å². The zero-order valence-electron chi connectivity index (χ0n) is 14.7. The highest BCUT2D eigenvalue weighted by atomic mass is 35.5. The van der Waals surface area contributed by atoms with Crippen LogP contribution in [0.25, 0.3) is 0 Å². The molecule has 0 heterocycles. The maximum atomic E-state index is 12.8. The summed E-state index contributed by atoms with van der Waals surface area (Å²) in [4.78, 5) is 25.6. The Balaban J connectivity index is 2.03. The van der Waals surface area contributed by atoms with Crippen molar-refractivity contribution in [2.45, 2.75) is 25.9 Å². The minimum Gasteiger partial charge on any atom is -0.479 e. The molecule has 0 saturated carbocycles. The van der Waals surface area contributed by atoms with Crippen LogP contribution in [0.4, 0.5) is 0 Å². The summed E-state index contributed by atoms with van der Waals surface area (Å²) in [6.07, 6.45) is 0.0716. The summed E-state index contributed by atoms with van der Waals surface area (Å²) in [7, 11) is 0. The maximum Gasteiger partial charge on any atom is 0.263 e. The van der Waals surface area contributed by atoms with Gasteiger partial charge in [0.05, 0.1) is 5.02 Å². The number of ether oxygens (including phenoxy) is 1. The van der Waals surface area contributed by atoms with E-state index in [9.17, 15) is 9.59 Å². The highest BCUT2D eigenvalue weighted by Gasteiger charge is 2.23. The van der Waals surface area contributed by atoms with Crippen molar-refractivity contribution in [3.05, 3.63) is 65.2 Å². The first-order valence-electron chi connectivity index (χ1n) is 8.49. The van der Waals surface area contributed by atoms with Crippen LogP contribution in [0.3, 0.4) is 0 Å². The van der Waals surface area contributed by atoms with Crippen molar-refractivity contribution in [3.8, 4) is 5.75 Å². The lowest BCUT2D eigenvalue weighted by Gasteiger charge is -2.26. The monoisotopic (exact) mass is 374 g/mol.